The molecule has 1 aromatic heterocycles. The molecule has 1 aliphatic heterocycles. The summed E-state index contributed by atoms with van der Waals surface area (Å²) in [5.74, 6) is -0.272. The van der Waals surface area contributed by atoms with Crippen molar-refractivity contribution in [3.8, 4) is 5.69 Å². The first-order valence-corrected chi connectivity index (χ1v) is 10.0. The molecule has 4 rings (SSSR count). The molecule has 3 aromatic rings. The minimum absolute atomic E-state index is 0.00519. The van der Waals surface area contributed by atoms with Crippen LogP contribution in [0.1, 0.15) is 36.6 Å². The number of nitrogens with two attached hydrogens (primary N) is 1. The van der Waals surface area contributed by atoms with Gasteiger partial charge in [-0.1, -0.05) is 36.4 Å². The van der Waals surface area contributed by atoms with Crippen molar-refractivity contribution in [1.82, 2.24) is 14.7 Å². The van der Waals surface area contributed by atoms with E-state index in [0.29, 0.717) is 18.5 Å². The zero-order valence-corrected chi connectivity index (χ0v) is 16.2. The van der Waals surface area contributed by atoms with Crippen LogP contribution >= 0.6 is 0 Å². The molecule has 0 aliphatic carbocycles. The van der Waals surface area contributed by atoms with Gasteiger partial charge in [0, 0.05) is 25.2 Å². The number of carbonyl (C=O) groups is 1. The second kappa shape index (κ2) is 8.57. The molecular weight excluding hydrogens is 367 g/mol. The van der Waals surface area contributed by atoms with Crippen molar-refractivity contribution >= 4 is 5.91 Å². The van der Waals surface area contributed by atoms with Gasteiger partial charge in [-0.2, -0.15) is 5.10 Å². The van der Waals surface area contributed by atoms with E-state index in [9.17, 15) is 9.18 Å². The van der Waals surface area contributed by atoms with E-state index in [1.165, 1.54) is 6.07 Å². The zero-order chi connectivity index (χ0) is 20.2. The number of amides is 1. The Morgan fingerprint density at radius 3 is 2.69 bits per heavy atom. The van der Waals surface area contributed by atoms with E-state index in [0.717, 1.165) is 24.2 Å². The highest BCUT2D eigenvalue weighted by molar-refractivity contribution is 5.77. The van der Waals surface area contributed by atoms with Gasteiger partial charge in [-0.3, -0.25) is 4.79 Å². The van der Waals surface area contributed by atoms with Gasteiger partial charge in [0.15, 0.2) is 0 Å². The highest BCUT2D eigenvalue weighted by Gasteiger charge is 2.32. The number of para-hydroxylation sites is 1. The number of hydrogen-bond donors (Lipinski definition) is 1. The molecule has 2 N–H and O–H groups in total. The molecule has 1 saturated heterocycles. The van der Waals surface area contributed by atoms with Crippen molar-refractivity contribution in [3.63, 3.8) is 0 Å². The predicted molar refractivity (Wildman–Crippen MR) is 110 cm³/mol. The Morgan fingerprint density at radius 1 is 1.14 bits per heavy atom. The maximum Gasteiger partial charge on any atom is 0.224 e. The smallest absolute Gasteiger partial charge is 0.224 e. The van der Waals surface area contributed by atoms with Gasteiger partial charge in [0.05, 0.1) is 17.4 Å². The van der Waals surface area contributed by atoms with Gasteiger partial charge in [0.25, 0.3) is 0 Å². The highest BCUT2D eigenvalue weighted by atomic mass is 19.1. The van der Waals surface area contributed by atoms with Gasteiger partial charge in [-0.25, -0.2) is 9.07 Å². The molecule has 0 spiro atoms. The van der Waals surface area contributed by atoms with Gasteiger partial charge in [0.2, 0.25) is 5.91 Å². The summed E-state index contributed by atoms with van der Waals surface area (Å²) in [5, 5.41) is 4.70. The monoisotopic (exact) mass is 392 g/mol. The van der Waals surface area contributed by atoms with Gasteiger partial charge < -0.3 is 10.6 Å². The standard InChI is InChI=1S/C23H25FN4O/c24-20-10-5-4-7-17(20)15-18(25)16-23(29)27-13-6-11-22(27)21-12-14-28(26-21)19-8-2-1-3-9-19/h1-5,7-10,12,14,18,22H,6,11,13,15-16,25H2/t18-,22+/m1/s1. The highest BCUT2D eigenvalue weighted by Crippen LogP contribution is 2.32. The van der Waals surface area contributed by atoms with Crippen LogP contribution in [0.25, 0.3) is 5.69 Å². The maximum atomic E-state index is 13.9. The van der Waals surface area contributed by atoms with Gasteiger partial charge in [-0.15, -0.1) is 0 Å². The molecule has 6 heteroatoms. The minimum Gasteiger partial charge on any atom is -0.334 e. The molecule has 2 heterocycles. The molecule has 0 radical (unpaired) electrons. The molecule has 2 aromatic carbocycles. The third-order valence-electron chi connectivity index (χ3n) is 5.42. The van der Waals surface area contributed by atoms with Crippen molar-refractivity contribution in [1.29, 1.82) is 0 Å². The van der Waals surface area contributed by atoms with Crippen LogP contribution in [-0.2, 0) is 11.2 Å². The molecule has 1 fully saturated rings. The van der Waals surface area contributed by atoms with E-state index in [2.05, 4.69) is 0 Å². The molecule has 0 unspecified atom stereocenters. The molecule has 1 aliphatic rings. The van der Waals surface area contributed by atoms with Crippen molar-refractivity contribution in [2.45, 2.75) is 37.8 Å². The summed E-state index contributed by atoms with van der Waals surface area (Å²) in [6.45, 7) is 0.702. The maximum absolute atomic E-state index is 13.9. The molecule has 150 valence electrons. The Bertz CT molecular complexity index is 972. The Morgan fingerprint density at radius 2 is 1.90 bits per heavy atom. The van der Waals surface area contributed by atoms with Gasteiger partial charge in [-0.05, 0) is 49.1 Å². The third-order valence-corrected chi connectivity index (χ3v) is 5.42. The fourth-order valence-corrected chi connectivity index (χ4v) is 3.97. The topological polar surface area (TPSA) is 64.2 Å². The molecule has 2 atom stereocenters. The second-order valence-electron chi connectivity index (χ2n) is 7.53. The fourth-order valence-electron chi connectivity index (χ4n) is 3.97. The number of carbonyl (C=O) groups excluding carboxylic acids is 1. The van der Waals surface area contributed by atoms with Crippen molar-refractivity contribution < 1.29 is 9.18 Å². The van der Waals surface area contributed by atoms with E-state index >= 15 is 0 Å². The lowest BCUT2D eigenvalue weighted by Crippen LogP contribution is -2.36. The summed E-state index contributed by atoms with van der Waals surface area (Å²) in [5.41, 5.74) is 8.60. The summed E-state index contributed by atoms with van der Waals surface area (Å²) in [6.07, 6.45) is 4.30. The normalized spacial score (nSPS) is 17.4. The number of nitrogens with zero attached hydrogens (tertiary/aromatic N) is 3. The van der Waals surface area contributed by atoms with Crippen LogP contribution in [0.3, 0.4) is 0 Å². The quantitative estimate of drug-likeness (QED) is 0.697. The van der Waals surface area contributed by atoms with Crippen LogP contribution in [0.4, 0.5) is 4.39 Å². The number of halogens is 1. The average Bonchev–Trinajstić information content (AvgIpc) is 3.40. The van der Waals surface area contributed by atoms with E-state index in [-0.39, 0.29) is 24.2 Å². The lowest BCUT2D eigenvalue weighted by Gasteiger charge is -2.25. The minimum atomic E-state index is -0.414. The molecule has 0 bridgehead atoms. The number of aromatic nitrogens is 2. The molecule has 1 amide bonds. The summed E-state index contributed by atoms with van der Waals surface area (Å²) < 4.78 is 15.7. The van der Waals surface area contributed by atoms with Crippen LogP contribution in [0.2, 0.25) is 0 Å². The largest absolute Gasteiger partial charge is 0.334 e. The summed E-state index contributed by atoms with van der Waals surface area (Å²) in [7, 11) is 0. The second-order valence-corrected chi connectivity index (χ2v) is 7.53. The van der Waals surface area contributed by atoms with Gasteiger partial charge >= 0.3 is 0 Å². The van der Waals surface area contributed by atoms with E-state index in [1.807, 2.05) is 52.2 Å². The number of hydrogen-bond acceptors (Lipinski definition) is 3. The van der Waals surface area contributed by atoms with Crippen molar-refractivity contribution in [3.05, 3.63) is 83.9 Å². The molecule has 0 saturated carbocycles. The lowest BCUT2D eigenvalue weighted by atomic mass is 10.0. The van der Waals surface area contributed by atoms with E-state index in [1.54, 1.807) is 18.2 Å². The first kappa shape index (κ1) is 19.3. The molecule has 29 heavy (non-hydrogen) atoms. The Balaban J connectivity index is 1.42. The van der Waals surface area contributed by atoms with Crippen molar-refractivity contribution in [2.75, 3.05) is 6.54 Å². The zero-order valence-electron chi connectivity index (χ0n) is 16.2. The van der Waals surface area contributed by atoms with Crippen LogP contribution in [0.5, 0.6) is 0 Å². The average molecular weight is 392 g/mol. The third kappa shape index (κ3) is 4.38. The van der Waals surface area contributed by atoms with Crippen LogP contribution in [0, 0.1) is 5.82 Å². The van der Waals surface area contributed by atoms with Gasteiger partial charge in [0.1, 0.15) is 5.82 Å². The van der Waals surface area contributed by atoms with Crippen molar-refractivity contribution in [2.24, 2.45) is 5.73 Å². The lowest BCUT2D eigenvalue weighted by molar-refractivity contribution is -0.132. The first-order chi connectivity index (χ1) is 14.1. The Hall–Kier alpha value is -2.99. The molecule has 5 nitrogen and oxygen atoms in total. The number of likely N-dealkylation sites (tertiary alicyclic amines) is 1. The SMILES string of the molecule is N[C@@H](CC(=O)N1CCC[C@H]1c1ccn(-c2ccccc2)n1)Cc1ccccc1F. The fraction of sp³-hybridized carbons (Fsp3) is 0.304. The van der Waals surface area contributed by atoms with Crippen LogP contribution in [-0.4, -0.2) is 33.2 Å². The van der Waals surface area contributed by atoms with Crippen LogP contribution in [0.15, 0.2) is 66.9 Å². The summed E-state index contributed by atoms with van der Waals surface area (Å²) >= 11 is 0. The Labute approximate surface area is 169 Å². The summed E-state index contributed by atoms with van der Waals surface area (Å²) in [4.78, 5) is 14.8. The number of benzene rings is 2. The Kier molecular flexibility index (Phi) is 5.71. The molecular formula is C23H25FN4O. The number of rotatable bonds is 6. The van der Waals surface area contributed by atoms with E-state index in [4.69, 9.17) is 10.8 Å². The van der Waals surface area contributed by atoms with E-state index < -0.39 is 6.04 Å². The van der Waals surface area contributed by atoms with Crippen LogP contribution < -0.4 is 5.73 Å². The first-order valence-electron chi connectivity index (χ1n) is 10.0. The predicted octanol–water partition coefficient (Wildman–Crippen LogP) is 3.64. The summed E-state index contributed by atoms with van der Waals surface area (Å²) in [6, 6.07) is 18.0.